The summed E-state index contributed by atoms with van der Waals surface area (Å²) in [5.74, 6) is 0.213. The molecule has 2 rings (SSSR count). The van der Waals surface area contributed by atoms with E-state index in [1.807, 2.05) is 29.2 Å². The zero-order valence-electron chi connectivity index (χ0n) is 11.8. The first-order valence-electron chi connectivity index (χ1n) is 6.96. The number of nitrogens with zero attached hydrogens (tertiary/aromatic N) is 1. The van der Waals surface area contributed by atoms with Gasteiger partial charge in [-0.1, -0.05) is 24.3 Å². The van der Waals surface area contributed by atoms with Crippen LogP contribution in [0.3, 0.4) is 0 Å². The summed E-state index contributed by atoms with van der Waals surface area (Å²) in [6.07, 6.45) is 1.62. The number of nitrogens with one attached hydrogen (secondary N) is 2. The molecule has 0 spiro atoms. The third-order valence-corrected chi connectivity index (χ3v) is 3.36. The van der Waals surface area contributed by atoms with Crippen molar-refractivity contribution in [3.8, 4) is 0 Å². The van der Waals surface area contributed by atoms with Gasteiger partial charge in [-0.05, 0) is 24.6 Å². The Hall–Kier alpha value is -1.88. The molecule has 1 heterocycles. The van der Waals surface area contributed by atoms with Crippen molar-refractivity contribution in [2.24, 2.45) is 0 Å². The van der Waals surface area contributed by atoms with Gasteiger partial charge in [-0.2, -0.15) is 0 Å². The van der Waals surface area contributed by atoms with Gasteiger partial charge >= 0.3 is 0 Å². The average molecular weight is 275 g/mol. The molecule has 2 N–H and O–H groups in total. The molecule has 0 saturated carbocycles. The first kappa shape index (κ1) is 14.5. The predicted octanol–water partition coefficient (Wildman–Crippen LogP) is 0.645. The summed E-state index contributed by atoms with van der Waals surface area (Å²) in [6.45, 7) is 2.35. The van der Waals surface area contributed by atoms with Crippen molar-refractivity contribution in [1.82, 2.24) is 15.5 Å². The quantitative estimate of drug-likeness (QED) is 0.801. The van der Waals surface area contributed by atoms with Crippen LogP contribution in [-0.4, -0.2) is 36.9 Å². The van der Waals surface area contributed by atoms with E-state index < -0.39 is 0 Å². The molecule has 1 aromatic carbocycles. The minimum Gasteiger partial charge on any atom is -0.351 e. The van der Waals surface area contributed by atoms with Crippen LogP contribution in [-0.2, 0) is 22.7 Å². The van der Waals surface area contributed by atoms with Crippen molar-refractivity contribution < 1.29 is 9.59 Å². The Morgan fingerprint density at radius 2 is 2.15 bits per heavy atom. The lowest BCUT2D eigenvalue weighted by atomic mass is 10.1. The highest BCUT2D eigenvalue weighted by Crippen LogP contribution is 2.15. The number of hydrogen-bond donors (Lipinski definition) is 2. The van der Waals surface area contributed by atoms with E-state index in [0.29, 0.717) is 26.1 Å². The fourth-order valence-electron chi connectivity index (χ4n) is 2.35. The van der Waals surface area contributed by atoms with Gasteiger partial charge in [0.2, 0.25) is 11.8 Å². The fourth-order valence-corrected chi connectivity index (χ4v) is 2.35. The lowest BCUT2D eigenvalue weighted by Crippen LogP contribution is -2.31. The van der Waals surface area contributed by atoms with E-state index in [1.165, 1.54) is 0 Å². The third kappa shape index (κ3) is 4.06. The van der Waals surface area contributed by atoms with Crippen LogP contribution in [0.15, 0.2) is 24.3 Å². The zero-order valence-corrected chi connectivity index (χ0v) is 11.8. The Kier molecular flexibility index (Phi) is 5.12. The van der Waals surface area contributed by atoms with Gasteiger partial charge in [-0.15, -0.1) is 0 Å². The second kappa shape index (κ2) is 7.05. The van der Waals surface area contributed by atoms with Gasteiger partial charge in [0, 0.05) is 26.1 Å². The van der Waals surface area contributed by atoms with Crippen LogP contribution in [0.4, 0.5) is 0 Å². The highest BCUT2D eigenvalue weighted by atomic mass is 16.2. The summed E-state index contributed by atoms with van der Waals surface area (Å²) in [6, 6.07) is 8.01. The molecule has 20 heavy (non-hydrogen) atoms. The molecule has 0 bridgehead atoms. The van der Waals surface area contributed by atoms with Crippen LogP contribution < -0.4 is 10.6 Å². The standard InChI is InChI=1S/C15H21N3O2/c1-16-10-14(19)17-9-12-4-2-5-13(8-12)11-18-7-3-6-15(18)20/h2,4-5,8,16H,3,6-7,9-11H2,1H3,(H,17,19). The Morgan fingerprint density at radius 3 is 2.85 bits per heavy atom. The molecular weight excluding hydrogens is 254 g/mol. The molecule has 1 saturated heterocycles. The molecule has 5 nitrogen and oxygen atoms in total. The minimum atomic E-state index is -0.0207. The van der Waals surface area contributed by atoms with E-state index in [4.69, 9.17) is 0 Å². The summed E-state index contributed by atoms with van der Waals surface area (Å²) < 4.78 is 0. The largest absolute Gasteiger partial charge is 0.351 e. The molecule has 0 unspecified atom stereocenters. The summed E-state index contributed by atoms with van der Waals surface area (Å²) in [4.78, 5) is 24.9. The number of hydrogen-bond acceptors (Lipinski definition) is 3. The Balaban J connectivity index is 1.90. The second-order valence-electron chi connectivity index (χ2n) is 5.05. The number of rotatable bonds is 6. The maximum Gasteiger partial charge on any atom is 0.234 e. The lowest BCUT2D eigenvalue weighted by Gasteiger charge is -2.16. The van der Waals surface area contributed by atoms with Crippen molar-refractivity contribution in [2.75, 3.05) is 20.1 Å². The molecule has 108 valence electrons. The molecule has 2 amide bonds. The predicted molar refractivity (Wildman–Crippen MR) is 76.9 cm³/mol. The number of benzene rings is 1. The number of amides is 2. The van der Waals surface area contributed by atoms with Crippen LogP contribution in [0.5, 0.6) is 0 Å². The molecule has 0 atom stereocenters. The van der Waals surface area contributed by atoms with Crippen LogP contribution in [0.2, 0.25) is 0 Å². The third-order valence-electron chi connectivity index (χ3n) is 3.36. The minimum absolute atomic E-state index is 0.0207. The normalized spacial score (nSPS) is 14.7. The SMILES string of the molecule is CNCC(=O)NCc1cccc(CN2CCCC2=O)c1. The first-order chi connectivity index (χ1) is 9.69. The number of carbonyl (C=O) groups is 2. The van der Waals surface area contributed by atoms with Gasteiger partial charge in [-0.25, -0.2) is 0 Å². The van der Waals surface area contributed by atoms with E-state index in [2.05, 4.69) is 10.6 Å². The van der Waals surface area contributed by atoms with Gasteiger partial charge in [0.1, 0.15) is 0 Å². The summed E-state index contributed by atoms with van der Waals surface area (Å²) in [5, 5.41) is 5.66. The van der Waals surface area contributed by atoms with Crippen molar-refractivity contribution >= 4 is 11.8 Å². The van der Waals surface area contributed by atoms with Crippen molar-refractivity contribution in [3.63, 3.8) is 0 Å². The highest BCUT2D eigenvalue weighted by Gasteiger charge is 2.19. The van der Waals surface area contributed by atoms with Crippen molar-refractivity contribution in [2.45, 2.75) is 25.9 Å². The molecule has 5 heteroatoms. The second-order valence-corrected chi connectivity index (χ2v) is 5.05. The fraction of sp³-hybridized carbons (Fsp3) is 0.467. The zero-order chi connectivity index (χ0) is 14.4. The molecule has 1 aliphatic heterocycles. The average Bonchev–Trinajstić information content (AvgIpc) is 2.83. The van der Waals surface area contributed by atoms with Gasteiger partial charge in [0.25, 0.3) is 0 Å². The smallest absolute Gasteiger partial charge is 0.234 e. The Bertz CT molecular complexity index is 488. The maximum absolute atomic E-state index is 11.6. The Morgan fingerprint density at radius 1 is 1.35 bits per heavy atom. The van der Waals surface area contributed by atoms with Gasteiger partial charge in [-0.3, -0.25) is 9.59 Å². The van der Waals surface area contributed by atoms with Gasteiger partial charge in [0.05, 0.1) is 6.54 Å². The molecule has 1 aliphatic rings. The van der Waals surface area contributed by atoms with Crippen molar-refractivity contribution in [3.05, 3.63) is 35.4 Å². The summed E-state index contributed by atoms with van der Waals surface area (Å²) in [5.41, 5.74) is 2.17. The molecule has 0 aromatic heterocycles. The molecule has 1 aromatic rings. The summed E-state index contributed by atoms with van der Waals surface area (Å²) in [7, 11) is 1.74. The van der Waals surface area contributed by atoms with E-state index in [1.54, 1.807) is 7.05 Å². The maximum atomic E-state index is 11.6. The van der Waals surface area contributed by atoms with Crippen LogP contribution in [0.1, 0.15) is 24.0 Å². The highest BCUT2D eigenvalue weighted by molar-refractivity contribution is 5.78. The molecule has 1 fully saturated rings. The van der Waals surface area contributed by atoms with E-state index in [9.17, 15) is 9.59 Å². The molecule has 0 aliphatic carbocycles. The van der Waals surface area contributed by atoms with Crippen molar-refractivity contribution in [1.29, 1.82) is 0 Å². The number of carbonyl (C=O) groups excluding carboxylic acids is 2. The van der Waals surface area contributed by atoms with E-state index in [0.717, 1.165) is 24.1 Å². The van der Waals surface area contributed by atoms with Gasteiger partial charge in [0.15, 0.2) is 0 Å². The molecule has 0 radical (unpaired) electrons. The monoisotopic (exact) mass is 275 g/mol. The van der Waals surface area contributed by atoms with Crippen LogP contribution in [0.25, 0.3) is 0 Å². The number of likely N-dealkylation sites (tertiary alicyclic amines) is 1. The molecular formula is C15H21N3O2. The Labute approximate surface area is 119 Å². The lowest BCUT2D eigenvalue weighted by molar-refractivity contribution is -0.128. The number of likely N-dealkylation sites (N-methyl/N-ethyl adjacent to an activating group) is 1. The van der Waals surface area contributed by atoms with E-state index in [-0.39, 0.29) is 11.8 Å². The van der Waals surface area contributed by atoms with Gasteiger partial charge < -0.3 is 15.5 Å². The first-order valence-corrected chi connectivity index (χ1v) is 6.96. The summed E-state index contributed by atoms with van der Waals surface area (Å²) >= 11 is 0. The topological polar surface area (TPSA) is 61.4 Å². The van der Waals surface area contributed by atoms with Crippen LogP contribution in [0, 0.1) is 0 Å². The van der Waals surface area contributed by atoms with Crippen LogP contribution >= 0.6 is 0 Å². The van der Waals surface area contributed by atoms with E-state index >= 15 is 0 Å².